The summed E-state index contributed by atoms with van der Waals surface area (Å²) < 4.78 is 0. The molecule has 7 amide bonds. The molecule has 30 nitrogen and oxygen atoms in total. The van der Waals surface area contributed by atoms with E-state index in [4.69, 9.17) is 57.3 Å². The summed E-state index contributed by atoms with van der Waals surface area (Å²) in [6.07, 6.45) is -0.924. The van der Waals surface area contributed by atoms with E-state index in [-0.39, 0.29) is 5.56 Å². The second-order valence-corrected chi connectivity index (χ2v) is 13.9. The van der Waals surface area contributed by atoms with Gasteiger partial charge in [-0.3, -0.25) is 38.6 Å². The first-order chi connectivity index (χ1) is 32.5. The van der Waals surface area contributed by atoms with E-state index in [9.17, 15) is 38.7 Å². The highest BCUT2D eigenvalue weighted by Gasteiger charge is 2.34. The molecule has 0 radical (unpaired) electrons. The number of primary amides is 1. The Balaban J connectivity index is 2.29. The van der Waals surface area contributed by atoms with Crippen molar-refractivity contribution in [3.8, 4) is 0 Å². The van der Waals surface area contributed by atoms with Gasteiger partial charge in [0, 0.05) is 26.0 Å². The Morgan fingerprint density at radius 2 is 0.928 bits per heavy atom. The van der Waals surface area contributed by atoms with E-state index in [0.717, 1.165) is 17.5 Å². The summed E-state index contributed by atoms with van der Waals surface area (Å²) >= 11 is 0. The third kappa shape index (κ3) is 20.4. The summed E-state index contributed by atoms with van der Waals surface area (Å²) in [5.74, 6) is -12.1. The van der Waals surface area contributed by atoms with Crippen LogP contribution in [0.2, 0.25) is 0 Å². The van der Waals surface area contributed by atoms with Crippen molar-refractivity contribution in [1.29, 1.82) is 0 Å². The van der Waals surface area contributed by atoms with Crippen molar-refractivity contribution in [3.63, 3.8) is 0 Å². The predicted octanol–water partition coefficient (Wildman–Crippen LogP) is -8.13. The van der Waals surface area contributed by atoms with Gasteiger partial charge in [0.2, 0.25) is 36.8 Å². The minimum atomic E-state index is -2.18. The highest BCUT2D eigenvalue weighted by atomic mass is 16.3. The molecule has 0 bridgehead atoms. The number of allylic oxidation sites excluding steroid dienone is 5. The van der Waals surface area contributed by atoms with Crippen LogP contribution >= 0.6 is 0 Å². The largest absolute Gasteiger partial charge is 0.378 e. The van der Waals surface area contributed by atoms with Crippen LogP contribution in [-0.2, 0) is 33.6 Å². The van der Waals surface area contributed by atoms with E-state index >= 15 is 0 Å². The number of nitrogens with zero attached hydrogens (tertiary/aromatic N) is 6. The van der Waals surface area contributed by atoms with Gasteiger partial charge in [0.05, 0.1) is 0 Å². The number of nitrogens with one attached hydrogen (secondary N) is 6. The van der Waals surface area contributed by atoms with Crippen molar-refractivity contribution in [2.45, 2.75) is 43.1 Å². The van der Waals surface area contributed by atoms with Crippen molar-refractivity contribution in [2.24, 2.45) is 82.3 Å². The minimum Gasteiger partial charge on any atom is -0.378 e. The van der Waals surface area contributed by atoms with Gasteiger partial charge in [0.25, 0.3) is 35.4 Å². The summed E-state index contributed by atoms with van der Waals surface area (Å²) in [5.41, 5.74) is 56.3. The van der Waals surface area contributed by atoms with Gasteiger partial charge in [-0.2, -0.15) is 0 Å². The van der Waals surface area contributed by atoms with Crippen LogP contribution in [0.25, 0.3) is 6.08 Å². The fraction of sp³-hybridized carbons (Fsp3) is 0.231. The Labute approximate surface area is 393 Å². The number of aliphatic hydroxyl groups is 1. The highest BCUT2D eigenvalue weighted by molar-refractivity contribution is 5.99. The molecule has 30 heteroatoms. The van der Waals surface area contributed by atoms with Crippen molar-refractivity contribution in [1.82, 2.24) is 31.9 Å². The van der Waals surface area contributed by atoms with E-state index in [1.54, 1.807) is 24.3 Å². The summed E-state index contributed by atoms with van der Waals surface area (Å²) in [6, 6.07) is 13.8. The van der Waals surface area contributed by atoms with E-state index < -0.39 is 108 Å². The number of benzene rings is 2. The molecule has 7 atom stereocenters. The molecule has 7 unspecified atom stereocenters. The molecule has 2 aromatic carbocycles. The molecule has 0 aliphatic rings. The minimum absolute atomic E-state index is 0.146. The number of aliphatic hydroxyl groups excluding tert-OH is 1. The van der Waals surface area contributed by atoms with Gasteiger partial charge >= 0.3 is 0 Å². The number of carbonyl (C=O) groups is 7. The predicted molar refractivity (Wildman–Crippen MR) is 256 cm³/mol. The van der Waals surface area contributed by atoms with Crippen molar-refractivity contribution >= 4 is 83.2 Å². The molecule has 0 heterocycles. The normalized spacial score (nSPS) is 14.1. The standard InChI is InChI=1S/C39H56N22O8/c1-61(2)21-16-14-19(15-17-21)11-7-4-3-5-10-18-50-34(68)35(69)51-22(20-12-8-6-9-13-20)29(63)53-26(58-37(44)45)31(65)55-28(60-39(48)49)33(67)56-27(59-38(46)47)32(66)54-25(57-36(42)43)30(64)52-23(40)24(41)62/h3-18,22-23,25-28,34,68H,40H2,1-2H3,(H2,41,62)(H,51,69)(H,52,64)(H,53,63)(H,54,66)(H,55,65)(H,56,67)(H4,42,43,57)(H4,44,45,58)(H4,46,47,59)(H4,48,49,60). The number of nitrogens with two attached hydrogens (primary N) is 10. The Morgan fingerprint density at radius 1 is 0.522 bits per heavy atom. The number of rotatable bonds is 24. The lowest BCUT2D eigenvalue weighted by molar-refractivity contribution is -0.136. The number of hydrogen-bond acceptors (Lipinski definition) is 15. The first-order valence-electron chi connectivity index (χ1n) is 19.7. The maximum Gasteiger partial charge on any atom is 0.272 e. The lowest BCUT2D eigenvalue weighted by atomic mass is 10.1. The molecule has 27 N–H and O–H groups in total. The summed E-state index contributed by atoms with van der Waals surface area (Å²) in [4.78, 5) is 112. The van der Waals surface area contributed by atoms with Gasteiger partial charge in [0.15, 0.2) is 30.0 Å². The van der Waals surface area contributed by atoms with Crippen molar-refractivity contribution in [2.75, 3.05) is 19.0 Å². The first-order valence-corrected chi connectivity index (χ1v) is 19.7. The molecule has 370 valence electrons. The summed E-state index contributed by atoms with van der Waals surface area (Å²) in [7, 11) is 3.89. The Morgan fingerprint density at radius 3 is 1.35 bits per heavy atom. The molecule has 0 spiro atoms. The number of hydrogen-bond donors (Lipinski definition) is 17. The van der Waals surface area contributed by atoms with E-state index in [0.29, 0.717) is 0 Å². The maximum atomic E-state index is 13.8. The molecule has 69 heavy (non-hydrogen) atoms. The van der Waals surface area contributed by atoms with Crippen LogP contribution in [0.5, 0.6) is 0 Å². The highest BCUT2D eigenvalue weighted by Crippen LogP contribution is 2.15. The fourth-order valence-corrected chi connectivity index (χ4v) is 5.04. The fourth-order valence-electron chi connectivity index (χ4n) is 5.04. The lowest BCUT2D eigenvalue weighted by Crippen LogP contribution is -2.60. The lowest BCUT2D eigenvalue weighted by Gasteiger charge is -2.24. The van der Waals surface area contributed by atoms with E-state index in [1.165, 1.54) is 30.3 Å². The van der Waals surface area contributed by atoms with Gasteiger partial charge in [-0.05, 0) is 29.3 Å². The van der Waals surface area contributed by atoms with Crippen LogP contribution in [0.4, 0.5) is 5.69 Å². The third-order valence-corrected chi connectivity index (χ3v) is 8.20. The topological polar surface area (TPSA) is 537 Å². The number of aliphatic imine (C=N–C) groups is 5. The van der Waals surface area contributed by atoms with Crippen LogP contribution in [0, 0.1) is 0 Å². The number of guanidine groups is 4. The van der Waals surface area contributed by atoms with Crippen LogP contribution < -0.4 is 94.1 Å². The van der Waals surface area contributed by atoms with Crippen LogP contribution in [0.1, 0.15) is 17.2 Å². The number of amides is 7. The quantitative estimate of drug-likeness (QED) is 0.0201. The SMILES string of the molecule is CN(C)c1ccc(C=CC=CC=CC=NC(O)C(=O)NC(C(=O)NC(N=C(N)N)C(=O)NC(N=C(N)N)C(=O)NC(N=C(N)N)C(=O)NC(N=C(N)N)C(=O)NC(N)C(N)=O)c2ccccc2)cc1. The Bertz CT molecular complexity index is 2370. The van der Waals surface area contributed by atoms with Crippen molar-refractivity contribution < 1.29 is 38.7 Å². The van der Waals surface area contributed by atoms with Gasteiger partial charge < -0.3 is 99.2 Å². The second kappa shape index (κ2) is 27.7. The molecular weight excluding hydrogens is 905 g/mol. The molecule has 2 aromatic rings. The zero-order valence-electron chi connectivity index (χ0n) is 37.0. The number of anilines is 1. The summed E-state index contributed by atoms with van der Waals surface area (Å²) in [5, 5.41) is 23.0. The van der Waals surface area contributed by atoms with Gasteiger partial charge in [-0.15, -0.1) is 0 Å². The molecule has 0 fully saturated rings. The van der Waals surface area contributed by atoms with Crippen LogP contribution in [-0.4, -0.2) is 128 Å². The molecule has 0 aromatic heterocycles. The van der Waals surface area contributed by atoms with Gasteiger partial charge in [0.1, 0.15) is 6.04 Å². The Kier molecular flexibility index (Phi) is 22.3. The molecular formula is C39H56N22O8. The molecule has 2 rings (SSSR count). The molecule has 0 saturated heterocycles. The van der Waals surface area contributed by atoms with Crippen LogP contribution in [0.3, 0.4) is 0 Å². The average Bonchev–Trinajstić information content (AvgIpc) is 3.27. The zero-order valence-corrected chi connectivity index (χ0v) is 37.0. The third-order valence-electron chi connectivity index (χ3n) is 8.20. The second-order valence-electron chi connectivity index (χ2n) is 13.9. The number of carbonyl (C=O) groups excluding carboxylic acids is 7. The maximum absolute atomic E-state index is 13.8. The molecule has 0 aliphatic heterocycles. The zero-order chi connectivity index (χ0) is 51.8. The average molecular weight is 961 g/mol. The van der Waals surface area contributed by atoms with E-state index in [2.05, 4.69) is 40.9 Å². The van der Waals surface area contributed by atoms with E-state index in [1.807, 2.05) is 71.4 Å². The molecule has 0 saturated carbocycles. The van der Waals surface area contributed by atoms with Crippen LogP contribution in [0.15, 0.2) is 110 Å². The van der Waals surface area contributed by atoms with Crippen molar-refractivity contribution in [3.05, 3.63) is 96.1 Å². The van der Waals surface area contributed by atoms with Gasteiger partial charge in [-0.1, -0.05) is 72.8 Å². The first kappa shape index (κ1) is 55.6. The smallest absolute Gasteiger partial charge is 0.272 e. The van der Waals surface area contributed by atoms with Gasteiger partial charge in [-0.25, -0.2) is 20.0 Å². The monoisotopic (exact) mass is 960 g/mol. The molecule has 0 aliphatic carbocycles. The summed E-state index contributed by atoms with van der Waals surface area (Å²) in [6.45, 7) is 0. The Hall–Kier alpha value is -9.58.